The Labute approximate surface area is 186 Å². The van der Waals surface area contributed by atoms with Crippen LogP contribution >= 0.6 is 0 Å². The first-order valence-electron chi connectivity index (χ1n) is 10.3. The minimum atomic E-state index is -1.13. The third-order valence-electron chi connectivity index (χ3n) is 5.25. The Bertz CT molecular complexity index is 1080. The Balaban J connectivity index is 1.85. The number of nitrogens with one attached hydrogen (secondary N) is 1. The van der Waals surface area contributed by atoms with Crippen LogP contribution in [0.3, 0.4) is 0 Å². The summed E-state index contributed by atoms with van der Waals surface area (Å²) >= 11 is 0. The highest BCUT2D eigenvalue weighted by atomic mass is 16.5. The number of nitrogens with zero attached hydrogens (tertiary/aromatic N) is 4. The Morgan fingerprint density at radius 2 is 1.66 bits per heavy atom. The van der Waals surface area contributed by atoms with E-state index in [-0.39, 0.29) is 11.7 Å². The molecule has 0 saturated carbocycles. The number of rotatable bonds is 7. The summed E-state index contributed by atoms with van der Waals surface area (Å²) in [5.41, 5.74) is 0.423. The number of nitriles is 1. The zero-order valence-corrected chi connectivity index (χ0v) is 18.4. The van der Waals surface area contributed by atoms with Crippen LogP contribution in [0.15, 0.2) is 60.7 Å². The maximum absolute atomic E-state index is 12.8. The molecular formula is C24H25N5O3. The van der Waals surface area contributed by atoms with Gasteiger partial charge in [0.05, 0.1) is 11.8 Å². The standard InChI is InChI=1S/C24H25N5O3/c1-16(2)24(4,15-25)27-22(30)17(3)32-23(31)20-26-21(18-11-7-5-8-12-18)29(28-20)19-13-9-6-10-14-19/h5-14,16-17H,1-4H3,(H,27,30). The topological polar surface area (TPSA) is 110 Å². The molecule has 8 nitrogen and oxygen atoms in total. The van der Waals surface area contributed by atoms with Crippen LogP contribution in [-0.4, -0.2) is 38.3 Å². The zero-order chi connectivity index (χ0) is 23.3. The molecule has 3 rings (SSSR count). The van der Waals surface area contributed by atoms with Crippen molar-refractivity contribution in [1.29, 1.82) is 5.26 Å². The summed E-state index contributed by atoms with van der Waals surface area (Å²) in [6.45, 7) is 6.72. The largest absolute Gasteiger partial charge is 0.447 e. The summed E-state index contributed by atoms with van der Waals surface area (Å²) in [6, 6.07) is 20.7. The average Bonchev–Trinajstić information content (AvgIpc) is 3.25. The Morgan fingerprint density at radius 3 is 2.22 bits per heavy atom. The van der Waals surface area contributed by atoms with E-state index in [4.69, 9.17) is 4.74 Å². The van der Waals surface area contributed by atoms with Crippen LogP contribution in [-0.2, 0) is 9.53 Å². The summed E-state index contributed by atoms with van der Waals surface area (Å²) in [7, 11) is 0. The van der Waals surface area contributed by atoms with Gasteiger partial charge in [0.25, 0.3) is 11.7 Å². The second-order valence-corrected chi connectivity index (χ2v) is 7.88. The molecule has 2 unspecified atom stereocenters. The third-order valence-corrected chi connectivity index (χ3v) is 5.25. The van der Waals surface area contributed by atoms with Crippen LogP contribution < -0.4 is 5.32 Å². The first kappa shape index (κ1) is 22.7. The van der Waals surface area contributed by atoms with Gasteiger partial charge in [-0.2, -0.15) is 5.26 Å². The first-order chi connectivity index (χ1) is 15.2. The molecule has 0 saturated heterocycles. The number of para-hydroxylation sites is 1. The van der Waals surface area contributed by atoms with Gasteiger partial charge in [-0.1, -0.05) is 62.4 Å². The van der Waals surface area contributed by atoms with E-state index in [2.05, 4.69) is 21.5 Å². The molecule has 1 N–H and O–H groups in total. The van der Waals surface area contributed by atoms with Gasteiger partial charge in [-0.15, -0.1) is 5.10 Å². The van der Waals surface area contributed by atoms with Crippen molar-refractivity contribution in [1.82, 2.24) is 20.1 Å². The number of aromatic nitrogens is 3. The van der Waals surface area contributed by atoms with E-state index in [9.17, 15) is 14.9 Å². The summed E-state index contributed by atoms with van der Waals surface area (Å²) < 4.78 is 6.87. The Morgan fingerprint density at radius 1 is 1.06 bits per heavy atom. The lowest BCUT2D eigenvalue weighted by atomic mass is 9.90. The van der Waals surface area contributed by atoms with Crippen molar-refractivity contribution in [3.05, 3.63) is 66.5 Å². The quantitative estimate of drug-likeness (QED) is 0.573. The van der Waals surface area contributed by atoms with Crippen molar-refractivity contribution in [2.75, 3.05) is 0 Å². The summed E-state index contributed by atoms with van der Waals surface area (Å²) in [5, 5.41) is 16.4. The number of hydrogen-bond acceptors (Lipinski definition) is 6. The fraction of sp³-hybridized carbons (Fsp3) is 0.292. The van der Waals surface area contributed by atoms with Gasteiger partial charge in [0.2, 0.25) is 0 Å². The molecule has 32 heavy (non-hydrogen) atoms. The predicted molar refractivity (Wildman–Crippen MR) is 119 cm³/mol. The van der Waals surface area contributed by atoms with Crippen LogP contribution in [0.1, 0.15) is 38.3 Å². The molecule has 0 aliphatic rings. The molecule has 2 aromatic carbocycles. The highest BCUT2D eigenvalue weighted by molar-refractivity contribution is 5.90. The molecule has 8 heteroatoms. The van der Waals surface area contributed by atoms with Crippen LogP contribution in [0.4, 0.5) is 0 Å². The second-order valence-electron chi connectivity index (χ2n) is 7.88. The molecule has 0 radical (unpaired) electrons. The number of esters is 1. The van der Waals surface area contributed by atoms with Gasteiger partial charge in [0.1, 0.15) is 5.54 Å². The Kier molecular flexibility index (Phi) is 6.69. The molecule has 0 bridgehead atoms. The predicted octanol–water partition coefficient (Wildman–Crippen LogP) is 3.53. The molecule has 1 heterocycles. The molecule has 0 spiro atoms. The average molecular weight is 431 g/mol. The molecule has 1 aromatic heterocycles. The molecule has 3 aromatic rings. The lowest BCUT2D eigenvalue weighted by Gasteiger charge is -2.28. The minimum absolute atomic E-state index is 0.129. The van der Waals surface area contributed by atoms with Gasteiger partial charge in [0, 0.05) is 5.56 Å². The van der Waals surface area contributed by atoms with Gasteiger partial charge < -0.3 is 10.1 Å². The monoisotopic (exact) mass is 431 g/mol. The van der Waals surface area contributed by atoms with Gasteiger partial charge >= 0.3 is 5.97 Å². The van der Waals surface area contributed by atoms with Gasteiger partial charge in [0.15, 0.2) is 11.9 Å². The number of ether oxygens (including phenoxy) is 1. The van der Waals surface area contributed by atoms with Crippen molar-refractivity contribution < 1.29 is 14.3 Å². The van der Waals surface area contributed by atoms with E-state index < -0.39 is 23.5 Å². The molecular weight excluding hydrogens is 406 g/mol. The fourth-order valence-corrected chi connectivity index (χ4v) is 2.85. The smallest absolute Gasteiger partial charge is 0.379 e. The van der Waals surface area contributed by atoms with Crippen LogP contribution in [0.2, 0.25) is 0 Å². The van der Waals surface area contributed by atoms with E-state index >= 15 is 0 Å². The van der Waals surface area contributed by atoms with Crippen molar-refractivity contribution >= 4 is 11.9 Å². The number of carbonyl (C=O) groups is 2. The molecule has 164 valence electrons. The minimum Gasteiger partial charge on any atom is -0.447 e. The van der Waals surface area contributed by atoms with Gasteiger partial charge in [-0.25, -0.2) is 14.5 Å². The number of amides is 1. The molecule has 2 atom stereocenters. The van der Waals surface area contributed by atoms with Gasteiger partial charge in [-0.3, -0.25) is 4.79 Å². The highest BCUT2D eigenvalue weighted by Gasteiger charge is 2.33. The molecule has 0 fully saturated rings. The fourth-order valence-electron chi connectivity index (χ4n) is 2.85. The van der Waals surface area contributed by atoms with Crippen molar-refractivity contribution in [2.45, 2.75) is 39.3 Å². The van der Waals surface area contributed by atoms with E-state index in [0.29, 0.717) is 5.82 Å². The SMILES string of the molecule is CC(OC(=O)c1nc(-c2ccccc2)n(-c2ccccc2)n1)C(=O)NC(C)(C#N)C(C)C. The van der Waals surface area contributed by atoms with Gasteiger partial charge in [-0.05, 0) is 31.9 Å². The van der Waals surface area contributed by atoms with Crippen molar-refractivity contribution in [3.63, 3.8) is 0 Å². The summed E-state index contributed by atoms with van der Waals surface area (Å²) in [4.78, 5) is 29.7. The summed E-state index contributed by atoms with van der Waals surface area (Å²) in [5.74, 6) is -1.22. The van der Waals surface area contributed by atoms with Crippen molar-refractivity contribution in [2.24, 2.45) is 5.92 Å². The van der Waals surface area contributed by atoms with E-state index in [1.54, 1.807) is 11.6 Å². The molecule has 0 aliphatic carbocycles. The maximum Gasteiger partial charge on any atom is 0.379 e. The second kappa shape index (κ2) is 9.43. The van der Waals surface area contributed by atoms with Crippen molar-refractivity contribution in [3.8, 4) is 23.1 Å². The molecule has 0 aliphatic heterocycles. The number of benzene rings is 2. The highest BCUT2D eigenvalue weighted by Crippen LogP contribution is 2.21. The lowest BCUT2D eigenvalue weighted by Crippen LogP contribution is -2.52. The number of hydrogen-bond donors (Lipinski definition) is 1. The summed E-state index contributed by atoms with van der Waals surface area (Å²) in [6.07, 6.45) is -1.13. The maximum atomic E-state index is 12.8. The van der Waals surface area contributed by atoms with Crippen LogP contribution in [0, 0.1) is 17.2 Å². The zero-order valence-electron chi connectivity index (χ0n) is 18.4. The van der Waals surface area contributed by atoms with Crippen LogP contribution in [0.25, 0.3) is 17.1 Å². The van der Waals surface area contributed by atoms with E-state index in [0.717, 1.165) is 11.3 Å². The normalized spacial score (nSPS) is 13.6. The van der Waals surface area contributed by atoms with Crippen LogP contribution in [0.5, 0.6) is 0 Å². The lowest BCUT2D eigenvalue weighted by molar-refractivity contribution is -0.130. The van der Waals surface area contributed by atoms with E-state index in [1.807, 2.05) is 74.5 Å². The molecule has 1 amide bonds. The first-order valence-corrected chi connectivity index (χ1v) is 10.3. The number of carbonyl (C=O) groups excluding carboxylic acids is 2. The Hall–Kier alpha value is -3.99. The third kappa shape index (κ3) is 4.83. The van der Waals surface area contributed by atoms with E-state index in [1.165, 1.54) is 6.92 Å².